The summed E-state index contributed by atoms with van der Waals surface area (Å²) in [5, 5.41) is 15.4. The fourth-order valence-corrected chi connectivity index (χ4v) is 12.9. The zero-order valence-corrected chi connectivity index (χ0v) is 36.6. The molecule has 5 rings (SSSR count). The van der Waals surface area contributed by atoms with Gasteiger partial charge in [0.15, 0.2) is 5.78 Å². The van der Waals surface area contributed by atoms with Crippen LogP contribution in [-0.4, -0.2) is 23.9 Å². The smallest absolute Gasteiger partial charge is 0.162 e. The number of aromatic nitrogens is 1. The van der Waals surface area contributed by atoms with Crippen molar-refractivity contribution >= 4 is 35.0 Å². The van der Waals surface area contributed by atoms with Gasteiger partial charge < -0.3 is 5.11 Å². The van der Waals surface area contributed by atoms with Crippen LogP contribution in [-0.2, 0) is 36.7 Å². The second kappa shape index (κ2) is 18.3. The summed E-state index contributed by atoms with van der Waals surface area (Å²) < 4.78 is 0. The number of carbonyl (C=O) groups is 1. The first-order valence-corrected chi connectivity index (χ1v) is 21.7. The van der Waals surface area contributed by atoms with Crippen LogP contribution < -0.4 is 10.4 Å². The van der Waals surface area contributed by atoms with E-state index in [0.717, 1.165) is 43.4 Å². The molecule has 2 heterocycles. The number of pyridine rings is 1. The molecule has 1 N–H and O–H groups in total. The third-order valence-corrected chi connectivity index (χ3v) is 16.4. The molecule has 3 aromatic carbocycles. The minimum Gasteiger partial charge on any atom is -0.512 e. The molecule has 4 aromatic rings. The van der Waals surface area contributed by atoms with Crippen molar-refractivity contribution in [2.75, 3.05) is 0 Å². The number of hydrogen-bond donors (Lipinski definition) is 1. The van der Waals surface area contributed by atoms with Crippen LogP contribution in [0.15, 0.2) is 72.6 Å². The summed E-state index contributed by atoms with van der Waals surface area (Å²) in [7, 11) is -1.94. The number of allylic oxidation sites excluding steroid dienone is 2. The second-order valence-corrected chi connectivity index (χ2v) is 20.4. The fourth-order valence-electron chi connectivity index (χ4n) is 8.07. The molecule has 277 valence electrons. The number of carbonyl (C=O) groups excluding carboxylic acids is 1. The topological polar surface area (TPSA) is 50.2 Å². The predicted octanol–water partition coefficient (Wildman–Crippen LogP) is 11.6. The molecule has 0 amide bonds. The summed E-state index contributed by atoms with van der Waals surface area (Å²) in [4.78, 5) is 16.8. The van der Waals surface area contributed by atoms with E-state index in [-0.39, 0.29) is 48.9 Å². The number of hydrogen-bond acceptors (Lipinski definition) is 3. The van der Waals surface area contributed by atoms with Crippen LogP contribution in [0.5, 0.6) is 0 Å². The Morgan fingerprint density at radius 1 is 0.863 bits per heavy atom. The molecular weight excluding hydrogens is 819 g/mol. The average Bonchev–Trinajstić information content (AvgIpc) is 3.37. The second-order valence-electron chi connectivity index (χ2n) is 15.7. The van der Waals surface area contributed by atoms with Gasteiger partial charge in [0.25, 0.3) is 0 Å². The molecule has 0 spiro atoms. The Labute approximate surface area is 324 Å². The van der Waals surface area contributed by atoms with E-state index >= 15 is 0 Å². The van der Waals surface area contributed by atoms with E-state index in [2.05, 4.69) is 109 Å². The van der Waals surface area contributed by atoms with Crippen LogP contribution >= 0.6 is 0 Å². The number of aliphatic hydroxyl groups is 1. The molecule has 3 nitrogen and oxygen atoms in total. The van der Waals surface area contributed by atoms with Crippen molar-refractivity contribution in [1.29, 1.82) is 0 Å². The van der Waals surface area contributed by atoms with Crippen molar-refractivity contribution in [3.05, 3.63) is 89.8 Å². The summed E-state index contributed by atoms with van der Waals surface area (Å²) >= 11 is 0. The molecular formula is C46H62IrNO2Si-. The van der Waals surface area contributed by atoms with E-state index in [1.807, 2.05) is 33.9 Å². The standard InChI is InChI=1S/C33H38NSi.C13H24O2.Ir/c1-8-35(9-2)30-19-23(18-22(3)4)14-15-27(30)28-16-17-34-31(32(28)35)25-20-24-12-10-11-13-26(24)29(21-25)33(5,6)7;1-5-10(6-2)12(14)9-13(15)11(7-3)8-4;/h10-17,19,21-22H,8-9,18H2,1-7H3;9-11,14H,5-8H2,1-4H3;/q-1;;/b;12-9-;. The van der Waals surface area contributed by atoms with Crippen LogP contribution in [0.1, 0.15) is 113 Å². The molecule has 0 aliphatic carbocycles. The quantitative estimate of drug-likeness (QED) is 0.0667. The Morgan fingerprint density at radius 3 is 2.06 bits per heavy atom. The molecule has 1 radical (unpaired) electrons. The maximum absolute atomic E-state index is 11.7. The van der Waals surface area contributed by atoms with Gasteiger partial charge in [-0.15, -0.1) is 29.1 Å². The van der Waals surface area contributed by atoms with Crippen LogP contribution in [0.3, 0.4) is 0 Å². The summed E-state index contributed by atoms with van der Waals surface area (Å²) in [5.41, 5.74) is 8.07. The summed E-state index contributed by atoms with van der Waals surface area (Å²) in [6.07, 6.45) is 8.07. The molecule has 1 aliphatic rings. The van der Waals surface area contributed by atoms with Crippen molar-refractivity contribution in [3.63, 3.8) is 0 Å². The first-order valence-electron chi connectivity index (χ1n) is 19.3. The molecule has 0 unspecified atom stereocenters. The van der Waals surface area contributed by atoms with Crippen molar-refractivity contribution in [2.24, 2.45) is 17.8 Å². The minimum atomic E-state index is -1.94. The third-order valence-electron chi connectivity index (χ3n) is 11.1. The van der Waals surface area contributed by atoms with Gasteiger partial charge in [-0.2, -0.15) is 0 Å². The molecule has 0 saturated carbocycles. The van der Waals surface area contributed by atoms with Crippen molar-refractivity contribution in [2.45, 2.75) is 126 Å². The van der Waals surface area contributed by atoms with Gasteiger partial charge >= 0.3 is 0 Å². The number of nitrogens with zero attached hydrogens (tertiary/aromatic N) is 1. The SMILES string of the molecule is CCC(CC)C(=O)/C=C(\O)C(CC)CC.CC[Si]1(CC)c2cc(CC(C)C)ccc2-c2ccnc(-c3[c-]c4ccccc4c(C(C)(C)C)c3)c21.[Ir]. The van der Waals surface area contributed by atoms with Gasteiger partial charge in [0, 0.05) is 49.9 Å². The molecule has 0 saturated heterocycles. The van der Waals surface area contributed by atoms with Crippen LogP contribution in [0.2, 0.25) is 12.1 Å². The normalized spacial score (nSPS) is 13.6. The van der Waals surface area contributed by atoms with Crippen molar-refractivity contribution in [3.8, 4) is 22.4 Å². The van der Waals surface area contributed by atoms with E-state index in [9.17, 15) is 9.90 Å². The van der Waals surface area contributed by atoms with Crippen molar-refractivity contribution < 1.29 is 30.0 Å². The van der Waals surface area contributed by atoms with E-state index in [1.165, 1.54) is 56.4 Å². The number of aliphatic hydroxyl groups excluding tert-OH is 1. The molecule has 0 bridgehead atoms. The predicted molar refractivity (Wildman–Crippen MR) is 219 cm³/mol. The first-order chi connectivity index (χ1) is 23.8. The number of benzene rings is 3. The van der Waals surface area contributed by atoms with E-state index in [4.69, 9.17) is 4.98 Å². The number of ketones is 1. The van der Waals surface area contributed by atoms with E-state index in [0.29, 0.717) is 5.92 Å². The average molecular weight is 881 g/mol. The molecule has 1 aliphatic heterocycles. The molecule has 5 heteroatoms. The van der Waals surface area contributed by atoms with E-state index < -0.39 is 8.07 Å². The van der Waals surface area contributed by atoms with Gasteiger partial charge in [-0.05, 0) is 71.4 Å². The van der Waals surface area contributed by atoms with Gasteiger partial charge in [0.2, 0.25) is 0 Å². The van der Waals surface area contributed by atoms with Gasteiger partial charge in [0.1, 0.15) is 8.07 Å². The molecule has 51 heavy (non-hydrogen) atoms. The number of fused-ring (bicyclic) bond motifs is 4. The van der Waals surface area contributed by atoms with Crippen LogP contribution in [0, 0.1) is 23.8 Å². The molecule has 0 fully saturated rings. The molecule has 1 aromatic heterocycles. The van der Waals surface area contributed by atoms with Gasteiger partial charge in [-0.3, -0.25) is 9.78 Å². The van der Waals surface area contributed by atoms with Gasteiger partial charge in [-0.1, -0.05) is 141 Å². The minimum absolute atomic E-state index is 0. The molecule has 0 atom stereocenters. The summed E-state index contributed by atoms with van der Waals surface area (Å²) in [6.45, 7) is 24.4. The largest absolute Gasteiger partial charge is 0.512 e. The monoisotopic (exact) mass is 881 g/mol. The fraction of sp³-hybridized carbons (Fsp3) is 0.478. The van der Waals surface area contributed by atoms with Crippen molar-refractivity contribution in [1.82, 2.24) is 4.98 Å². The summed E-state index contributed by atoms with van der Waals surface area (Å²) in [6, 6.07) is 26.9. The zero-order chi connectivity index (χ0) is 36.8. The van der Waals surface area contributed by atoms with E-state index in [1.54, 1.807) is 5.19 Å². The Bertz CT molecular complexity index is 1810. The third kappa shape index (κ3) is 9.03. The zero-order valence-electron chi connectivity index (χ0n) is 33.2. The van der Waals surface area contributed by atoms with Crippen LogP contribution in [0.25, 0.3) is 33.2 Å². The summed E-state index contributed by atoms with van der Waals surface area (Å²) in [5.74, 6) is 1.21. The Hall–Kier alpha value is -2.85. The maximum atomic E-state index is 11.7. The number of rotatable bonds is 12. The Kier molecular flexibility index (Phi) is 15.2. The van der Waals surface area contributed by atoms with Gasteiger partial charge in [0.05, 0.1) is 5.76 Å². The van der Waals surface area contributed by atoms with Crippen LogP contribution in [0.4, 0.5) is 0 Å². The Morgan fingerprint density at radius 2 is 1.49 bits per heavy atom. The first kappa shape index (κ1) is 42.6. The van der Waals surface area contributed by atoms with Gasteiger partial charge in [-0.25, -0.2) is 0 Å². The Balaban J connectivity index is 0.000000374. The maximum Gasteiger partial charge on any atom is 0.162 e.